The Morgan fingerprint density at radius 3 is 2.68 bits per heavy atom. The van der Waals surface area contributed by atoms with Crippen molar-refractivity contribution >= 4 is 5.91 Å². The van der Waals surface area contributed by atoms with Gasteiger partial charge in [-0.15, -0.1) is 0 Å². The molecule has 0 aliphatic carbocycles. The summed E-state index contributed by atoms with van der Waals surface area (Å²) in [6.45, 7) is 4.25. The van der Waals surface area contributed by atoms with Gasteiger partial charge in [0.1, 0.15) is 6.04 Å². The molecule has 1 aromatic carbocycles. The third-order valence-corrected chi connectivity index (χ3v) is 3.39. The fourth-order valence-electron chi connectivity index (χ4n) is 2.10. The maximum atomic E-state index is 12.1. The largest absolute Gasteiger partial charge is 0.349 e. The van der Waals surface area contributed by atoms with Gasteiger partial charge in [0.2, 0.25) is 5.91 Å². The number of hydrogen-bond donors (Lipinski definition) is 4. The maximum absolute atomic E-state index is 12.1. The molecular formula is C14H22N4O. The van der Waals surface area contributed by atoms with E-state index in [0.717, 1.165) is 6.42 Å². The molecule has 0 bridgehead atoms. The smallest absolute Gasteiger partial charge is 0.239 e. The second-order valence-corrected chi connectivity index (χ2v) is 5.62. The van der Waals surface area contributed by atoms with Crippen LogP contribution in [-0.4, -0.2) is 24.0 Å². The molecule has 2 rings (SSSR count). The molecule has 5 heteroatoms. The second-order valence-electron chi connectivity index (χ2n) is 5.62. The van der Waals surface area contributed by atoms with E-state index in [0.29, 0.717) is 6.54 Å². The number of carbonyl (C=O) groups is 1. The Balaban J connectivity index is 1.93. The first kappa shape index (κ1) is 14.0. The molecule has 2 unspecified atom stereocenters. The van der Waals surface area contributed by atoms with Crippen molar-refractivity contribution < 1.29 is 4.79 Å². The number of nitrogens with one attached hydrogen (secondary N) is 3. The Labute approximate surface area is 113 Å². The van der Waals surface area contributed by atoms with Crippen molar-refractivity contribution in [2.45, 2.75) is 37.9 Å². The van der Waals surface area contributed by atoms with Crippen LogP contribution in [0, 0.1) is 0 Å². The Kier molecular flexibility index (Phi) is 4.19. The van der Waals surface area contributed by atoms with E-state index in [1.165, 1.54) is 5.56 Å². The second kappa shape index (κ2) is 5.69. The molecule has 0 radical (unpaired) electrons. The van der Waals surface area contributed by atoms with Crippen molar-refractivity contribution in [1.82, 2.24) is 16.2 Å². The zero-order valence-corrected chi connectivity index (χ0v) is 11.4. The van der Waals surface area contributed by atoms with Crippen molar-refractivity contribution in [1.29, 1.82) is 0 Å². The van der Waals surface area contributed by atoms with E-state index in [2.05, 4.69) is 28.3 Å². The number of hydrogen-bond acceptors (Lipinski definition) is 4. The van der Waals surface area contributed by atoms with E-state index in [-0.39, 0.29) is 23.5 Å². The van der Waals surface area contributed by atoms with Crippen molar-refractivity contribution in [3.63, 3.8) is 0 Å². The quantitative estimate of drug-likeness (QED) is 0.635. The van der Waals surface area contributed by atoms with Gasteiger partial charge in [0.25, 0.3) is 0 Å². The third kappa shape index (κ3) is 3.53. The van der Waals surface area contributed by atoms with Crippen LogP contribution in [0.3, 0.4) is 0 Å². The number of rotatable bonds is 4. The highest BCUT2D eigenvalue weighted by molar-refractivity contribution is 5.82. The first-order chi connectivity index (χ1) is 9.02. The highest BCUT2D eigenvalue weighted by Gasteiger charge is 2.32. The fourth-order valence-corrected chi connectivity index (χ4v) is 2.10. The number of nitrogens with two attached hydrogens (primary N) is 1. The summed E-state index contributed by atoms with van der Waals surface area (Å²) < 4.78 is 0. The van der Waals surface area contributed by atoms with E-state index in [1.807, 2.05) is 32.0 Å². The summed E-state index contributed by atoms with van der Waals surface area (Å²) in [7, 11) is 0. The van der Waals surface area contributed by atoms with E-state index >= 15 is 0 Å². The molecule has 104 valence electrons. The minimum atomic E-state index is -0.371. The summed E-state index contributed by atoms with van der Waals surface area (Å²) in [5, 5.41) is 2.95. The lowest BCUT2D eigenvalue weighted by molar-refractivity contribution is -0.124. The van der Waals surface area contributed by atoms with Gasteiger partial charge in [0, 0.05) is 18.1 Å². The summed E-state index contributed by atoms with van der Waals surface area (Å²) in [4.78, 5) is 12.1. The lowest BCUT2D eigenvalue weighted by Gasteiger charge is -2.25. The van der Waals surface area contributed by atoms with Crippen LogP contribution in [0.4, 0.5) is 0 Å². The maximum Gasteiger partial charge on any atom is 0.239 e. The molecule has 5 nitrogen and oxygen atoms in total. The number of benzene rings is 1. The van der Waals surface area contributed by atoms with Crippen molar-refractivity contribution in [3.05, 3.63) is 35.9 Å². The molecule has 1 aromatic rings. The fraction of sp³-hybridized carbons (Fsp3) is 0.500. The lowest BCUT2D eigenvalue weighted by Crippen LogP contribution is -2.54. The molecule has 5 N–H and O–H groups in total. The van der Waals surface area contributed by atoms with Gasteiger partial charge in [-0.2, -0.15) is 0 Å². The summed E-state index contributed by atoms with van der Waals surface area (Å²) >= 11 is 0. The zero-order valence-electron chi connectivity index (χ0n) is 11.4. The van der Waals surface area contributed by atoms with Gasteiger partial charge in [0.15, 0.2) is 0 Å². The Morgan fingerprint density at radius 1 is 1.37 bits per heavy atom. The lowest BCUT2D eigenvalue weighted by atomic mass is 10.0. The van der Waals surface area contributed by atoms with Crippen LogP contribution in [-0.2, 0) is 4.79 Å². The van der Waals surface area contributed by atoms with Crippen LogP contribution in [0.15, 0.2) is 30.3 Å². The van der Waals surface area contributed by atoms with E-state index in [9.17, 15) is 4.79 Å². The third-order valence-electron chi connectivity index (χ3n) is 3.39. The topological polar surface area (TPSA) is 79.2 Å². The first-order valence-corrected chi connectivity index (χ1v) is 6.60. The molecule has 1 aliphatic heterocycles. The Morgan fingerprint density at radius 2 is 2.05 bits per heavy atom. The molecule has 1 saturated heterocycles. The number of carbonyl (C=O) groups excluding carboxylic acids is 1. The van der Waals surface area contributed by atoms with Crippen molar-refractivity contribution in [3.8, 4) is 0 Å². The molecule has 1 heterocycles. The summed E-state index contributed by atoms with van der Waals surface area (Å²) in [5.74, 6) is -0.0126. The minimum Gasteiger partial charge on any atom is -0.349 e. The van der Waals surface area contributed by atoms with Crippen LogP contribution < -0.4 is 21.9 Å². The minimum absolute atomic E-state index is 0.0126. The predicted molar refractivity (Wildman–Crippen MR) is 75.1 cm³/mol. The predicted octanol–water partition coefficient (Wildman–Crippen LogP) is 0.448. The highest BCUT2D eigenvalue weighted by atomic mass is 16.2. The van der Waals surface area contributed by atoms with Gasteiger partial charge in [-0.1, -0.05) is 30.3 Å². The number of amides is 1. The molecule has 1 aliphatic rings. The zero-order chi connectivity index (χ0) is 13.9. The van der Waals surface area contributed by atoms with Crippen LogP contribution in [0.5, 0.6) is 0 Å². The average Bonchev–Trinajstić information content (AvgIpc) is 2.89. The van der Waals surface area contributed by atoms with Crippen molar-refractivity contribution in [2.24, 2.45) is 5.73 Å². The molecule has 0 saturated carbocycles. The number of hydrazine groups is 1. The molecule has 0 spiro atoms. The average molecular weight is 262 g/mol. The first-order valence-electron chi connectivity index (χ1n) is 6.60. The van der Waals surface area contributed by atoms with Crippen LogP contribution in [0.25, 0.3) is 0 Å². The Bertz CT molecular complexity index is 432. The van der Waals surface area contributed by atoms with Gasteiger partial charge >= 0.3 is 0 Å². The van der Waals surface area contributed by atoms with E-state index in [1.54, 1.807) is 0 Å². The molecule has 19 heavy (non-hydrogen) atoms. The molecule has 1 amide bonds. The summed E-state index contributed by atoms with van der Waals surface area (Å²) in [6, 6.07) is 10.0. The standard InChI is InChI=1S/C14H22N4O/c1-14(2,9-15)16-13(19)12-8-11(17-18-12)10-6-4-3-5-7-10/h3-7,11-12,17-18H,8-9,15H2,1-2H3,(H,16,19). The van der Waals surface area contributed by atoms with Gasteiger partial charge < -0.3 is 11.1 Å². The Hall–Kier alpha value is -1.43. The molecule has 2 atom stereocenters. The molecule has 1 fully saturated rings. The monoisotopic (exact) mass is 262 g/mol. The van der Waals surface area contributed by atoms with Gasteiger partial charge in [-0.3, -0.25) is 4.79 Å². The highest BCUT2D eigenvalue weighted by Crippen LogP contribution is 2.22. The van der Waals surface area contributed by atoms with Gasteiger partial charge in [-0.05, 0) is 25.8 Å². The van der Waals surface area contributed by atoms with E-state index in [4.69, 9.17) is 5.73 Å². The van der Waals surface area contributed by atoms with Crippen LogP contribution in [0.2, 0.25) is 0 Å². The normalized spacial score (nSPS) is 23.3. The molecular weight excluding hydrogens is 240 g/mol. The van der Waals surface area contributed by atoms with E-state index < -0.39 is 0 Å². The van der Waals surface area contributed by atoms with Gasteiger partial charge in [-0.25, -0.2) is 10.9 Å². The van der Waals surface area contributed by atoms with Crippen molar-refractivity contribution in [2.75, 3.05) is 6.54 Å². The summed E-state index contributed by atoms with van der Waals surface area (Å²) in [6.07, 6.45) is 0.733. The van der Waals surface area contributed by atoms with Gasteiger partial charge in [0.05, 0.1) is 0 Å². The van der Waals surface area contributed by atoms with Crippen LogP contribution >= 0.6 is 0 Å². The molecule has 0 aromatic heterocycles. The van der Waals surface area contributed by atoms with Crippen LogP contribution in [0.1, 0.15) is 31.9 Å². The SMILES string of the molecule is CC(C)(CN)NC(=O)C1CC(c2ccccc2)NN1. The summed E-state index contributed by atoms with van der Waals surface area (Å²) in [5.41, 5.74) is 12.6.